The van der Waals surface area contributed by atoms with E-state index in [9.17, 15) is 14.4 Å². The molecule has 28 heavy (non-hydrogen) atoms. The first kappa shape index (κ1) is 17.7. The third kappa shape index (κ3) is 3.54. The first-order valence-corrected chi connectivity index (χ1v) is 8.48. The first-order valence-electron chi connectivity index (χ1n) is 8.48. The zero-order chi connectivity index (χ0) is 19.7. The van der Waals surface area contributed by atoms with E-state index >= 15 is 0 Å². The topological polar surface area (TPSA) is 112 Å². The van der Waals surface area contributed by atoms with E-state index in [2.05, 4.69) is 10.6 Å². The van der Waals surface area contributed by atoms with Crippen LogP contribution >= 0.6 is 0 Å². The fourth-order valence-electron chi connectivity index (χ4n) is 2.70. The summed E-state index contributed by atoms with van der Waals surface area (Å²) in [4.78, 5) is 35.9. The van der Waals surface area contributed by atoms with Crippen molar-refractivity contribution >= 4 is 29.2 Å². The van der Waals surface area contributed by atoms with Gasteiger partial charge in [-0.2, -0.15) is 0 Å². The lowest BCUT2D eigenvalue weighted by molar-refractivity contribution is -0.123. The molecule has 2 N–H and O–H groups in total. The van der Waals surface area contributed by atoms with Gasteiger partial charge in [-0.15, -0.1) is 0 Å². The first-order chi connectivity index (χ1) is 13.5. The summed E-state index contributed by atoms with van der Waals surface area (Å²) in [5.74, 6) is 0.0559. The van der Waals surface area contributed by atoms with Crippen LogP contribution in [0.2, 0.25) is 0 Å². The van der Waals surface area contributed by atoms with Crippen LogP contribution in [0, 0.1) is 0 Å². The van der Waals surface area contributed by atoms with Gasteiger partial charge < -0.3 is 29.6 Å². The Hall–Kier alpha value is -3.75. The Balaban J connectivity index is 1.39. The summed E-state index contributed by atoms with van der Waals surface area (Å²) in [5, 5.41) is 5.29. The zero-order valence-electron chi connectivity index (χ0n) is 14.8. The van der Waals surface area contributed by atoms with Crippen LogP contribution in [0.5, 0.6) is 17.2 Å². The van der Waals surface area contributed by atoms with Gasteiger partial charge in [-0.1, -0.05) is 0 Å². The molecule has 9 nitrogen and oxygen atoms in total. The van der Waals surface area contributed by atoms with E-state index in [-0.39, 0.29) is 24.9 Å². The second kappa shape index (κ2) is 7.10. The van der Waals surface area contributed by atoms with Gasteiger partial charge in [0.1, 0.15) is 5.75 Å². The van der Waals surface area contributed by atoms with E-state index in [1.54, 1.807) is 24.3 Å². The van der Waals surface area contributed by atoms with E-state index in [0.717, 1.165) is 0 Å². The Kier molecular flexibility index (Phi) is 4.48. The highest BCUT2D eigenvalue weighted by molar-refractivity contribution is 5.99. The number of carbonyl (C=O) groups excluding carboxylic acids is 3. The number of rotatable bonds is 4. The second-order valence-corrected chi connectivity index (χ2v) is 6.15. The average Bonchev–Trinajstić information content (AvgIpc) is 3.15. The van der Waals surface area contributed by atoms with Crippen LogP contribution < -0.4 is 24.8 Å². The number of carbonyl (C=O) groups is 3. The van der Waals surface area contributed by atoms with Crippen LogP contribution in [0.15, 0.2) is 36.4 Å². The lowest BCUT2D eigenvalue weighted by Crippen LogP contribution is -2.30. The van der Waals surface area contributed by atoms with Gasteiger partial charge in [0.25, 0.3) is 11.8 Å². The van der Waals surface area contributed by atoms with Gasteiger partial charge in [-0.3, -0.25) is 9.59 Å². The molecular formula is C19H16N2O7. The Labute approximate surface area is 159 Å². The molecule has 2 aromatic rings. The van der Waals surface area contributed by atoms with Gasteiger partial charge in [-0.25, -0.2) is 4.79 Å². The molecule has 0 spiro atoms. The summed E-state index contributed by atoms with van der Waals surface area (Å²) in [5.41, 5.74) is 1.18. The monoisotopic (exact) mass is 384 g/mol. The lowest BCUT2D eigenvalue weighted by Gasteiger charge is -2.19. The number of nitrogens with one attached hydrogen (secondary N) is 2. The highest BCUT2D eigenvalue weighted by Gasteiger charge is 2.23. The molecule has 2 aromatic carbocycles. The van der Waals surface area contributed by atoms with Crippen molar-refractivity contribution in [3.8, 4) is 17.2 Å². The Morgan fingerprint density at radius 1 is 1.07 bits per heavy atom. The van der Waals surface area contributed by atoms with Crippen LogP contribution in [0.4, 0.5) is 11.4 Å². The highest BCUT2D eigenvalue weighted by atomic mass is 16.7. The SMILES string of the molecule is C[C@H](OC(=O)c1ccc2c(c1)OCC(=O)N2)C(=O)Nc1ccc2c(c1)OCO2. The summed E-state index contributed by atoms with van der Waals surface area (Å²) >= 11 is 0. The number of fused-ring (bicyclic) bond motifs is 2. The van der Waals surface area contributed by atoms with Gasteiger partial charge in [0, 0.05) is 11.8 Å². The minimum absolute atomic E-state index is 0.125. The maximum atomic E-state index is 12.3. The quantitative estimate of drug-likeness (QED) is 0.775. The second-order valence-electron chi connectivity index (χ2n) is 6.15. The Morgan fingerprint density at radius 3 is 2.75 bits per heavy atom. The zero-order valence-corrected chi connectivity index (χ0v) is 14.8. The third-order valence-electron chi connectivity index (χ3n) is 4.14. The summed E-state index contributed by atoms with van der Waals surface area (Å²) in [6, 6.07) is 9.46. The lowest BCUT2D eigenvalue weighted by atomic mass is 10.1. The van der Waals surface area contributed by atoms with Crippen molar-refractivity contribution in [1.29, 1.82) is 0 Å². The predicted octanol–water partition coefficient (Wildman–Crippen LogP) is 1.93. The molecule has 2 aliphatic rings. The average molecular weight is 384 g/mol. The Morgan fingerprint density at radius 2 is 1.89 bits per heavy atom. The van der Waals surface area contributed by atoms with Gasteiger partial charge in [0.05, 0.1) is 11.3 Å². The number of amides is 2. The van der Waals surface area contributed by atoms with Gasteiger partial charge in [0.15, 0.2) is 24.2 Å². The third-order valence-corrected chi connectivity index (χ3v) is 4.14. The maximum absolute atomic E-state index is 12.3. The van der Waals surface area contributed by atoms with E-state index in [0.29, 0.717) is 28.6 Å². The van der Waals surface area contributed by atoms with Crippen LogP contribution in [-0.4, -0.2) is 37.3 Å². The summed E-state index contributed by atoms with van der Waals surface area (Å²) in [7, 11) is 0. The van der Waals surface area contributed by atoms with Gasteiger partial charge >= 0.3 is 5.97 Å². The summed E-state index contributed by atoms with van der Waals surface area (Å²) in [6.45, 7) is 1.48. The van der Waals surface area contributed by atoms with E-state index in [1.165, 1.54) is 19.1 Å². The highest BCUT2D eigenvalue weighted by Crippen LogP contribution is 2.34. The molecule has 9 heteroatoms. The molecule has 0 unspecified atom stereocenters. The van der Waals surface area contributed by atoms with Crippen molar-refractivity contribution in [1.82, 2.24) is 0 Å². The summed E-state index contributed by atoms with van der Waals surface area (Å²) in [6.07, 6.45) is -1.03. The smallest absolute Gasteiger partial charge is 0.339 e. The predicted molar refractivity (Wildman–Crippen MR) is 96.6 cm³/mol. The van der Waals surface area contributed by atoms with Crippen LogP contribution in [0.25, 0.3) is 0 Å². The van der Waals surface area contributed by atoms with Gasteiger partial charge in [-0.05, 0) is 37.3 Å². The van der Waals surface area contributed by atoms with Crippen molar-refractivity contribution in [2.24, 2.45) is 0 Å². The standard InChI is InChI=1S/C19H16N2O7/c1-10(18(23)20-12-3-5-14-16(7-12)27-9-26-14)28-19(24)11-2-4-13-15(6-11)25-8-17(22)21-13/h2-7,10H,8-9H2,1H3,(H,20,23)(H,21,22)/t10-/m0/s1. The van der Waals surface area contributed by atoms with Crippen molar-refractivity contribution in [3.63, 3.8) is 0 Å². The number of hydrogen-bond acceptors (Lipinski definition) is 7. The van der Waals surface area contributed by atoms with Crippen LogP contribution in [0.3, 0.4) is 0 Å². The minimum Gasteiger partial charge on any atom is -0.482 e. The minimum atomic E-state index is -1.03. The van der Waals surface area contributed by atoms with Crippen molar-refractivity contribution in [2.45, 2.75) is 13.0 Å². The Bertz CT molecular complexity index is 973. The summed E-state index contributed by atoms with van der Waals surface area (Å²) < 4.78 is 21.0. The normalized spacial score (nSPS) is 15.0. The fourth-order valence-corrected chi connectivity index (χ4v) is 2.70. The van der Waals surface area contributed by atoms with Crippen molar-refractivity contribution in [3.05, 3.63) is 42.0 Å². The molecule has 4 rings (SSSR count). The molecule has 0 bridgehead atoms. The molecule has 0 aromatic heterocycles. The number of benzene rings is 2. The molecule has 144 valence electrons. The van der Waals surface area contributed by atoms with Crippen molar-refractivity contribution in [2.75, 3.05) is 24.0 Å². The molecule has 0 aliphatic carbocycles. The molecule has 0 fully saturated rings. The number of hydrogen-bond donors (Lipinski definition) is 2. The number of anilines is 2. The molecule has 0 radical (unpaired) electrons. The number of esters is 1. The molecule has 2 aliphatic heterocycles. The van der Waals surface area contributed by atoms with Gasteiger partial charge in [0.2, 0.25) is 6.79 Å². The maximum Gasteiger partial charge on any atom is 0.339 e. The van der Waals surface area contributed by atoms with Crippen LogP contribution in [-0.2, 0) is 14.3 Å². The van der Waals surface area contributed by atoms with Crippen molar-refractivity contribution < 1.29 is 33.3 Å². The molecule has 2 heterocycles. The largest absolute Gasteiger partial charge is 0.482 e. The molecular weight excluding hydrogens is 368 g/mol. The fraction of sp³-hybridized carbons (Fsp3) is 0.211. The molecule has 0 saturated heterocycles. The molecule has 2 amide bonds. The van der Waals surface area contributed by atoms with Crippen LogP contribution in [0.1, 0.15) is 17.3 Å². The molecule has 0 saturated carbocycles. The molecule has 1 atom stereocenters. The van der Waals surface area contributed by atoms with E-state index < -0.39 is 18.0 Å². The van der Waals surface area contributed by atoms with E-state index in [4.69, 9.17) is 18.9 Å². The number of ether oxygens (including phenoxy) is 4. The van der Waals surface area contributed by atoms with E-state index in [1.807, 2.05) is 0 Å².